The van der Waals surface area contributed by atoms with Crippen molar-refractivity contribution in [3.8, 4) is 0 Å². The van der Waals surface area contributed by atoms with E-state index in [1.54, 1.807) is 63.2 Å². The largest absolute Gasteiger partial charge is 0.463 e. The van der Waals surface area contributed by atoms with Crippen molar-refractivity contribution < 1.29 is 36.4 Å². The van der Waals surface area contributed by atoms with E-state index in [0.29, 0.717) is 11.1 Å². The lowest BCUT2D eigenvalue weighted by molar-refractivity contribution is -0.149. The molecule has 11 heteroatoms. The third-order valence-corrected chi connectivity index (χ3v) is 10.2. The minimum atomic E-state index is -4.03. The van der Waals surface area contributed by atoms with Gasteiger partial charge in [0, 0.05) is 18.7 Å². The number of carbonyl (C=O) groups excluding carboxylic acids is 2. The second kappa shape index (κ2) is 12.3. The molecule has 1 aliphatic heterocycles. The first kappa shape index (κ1) is 29.7. The summed E-state index contributed by atoms with van der Waals surface area (Å²) in [5, 5.41) is 0.196. The van der Waals surface area contributed by atoms with Crippen LogP contribution in [-0.2, 0) is 38.0 Å². The van der Waals surface area contributed by atoms with E-state index in [2.05, 4.69) is 4.74 Å². The zero-order valence-electron chi connectivity index (χ0n) is 22.1. The van der Waals surface area contributed by atoms with Gasteiger partial charge >= 0.3 is 13.6 Å². The molecular formula is C27H32NO8PS. The topological polar surface area (TPSA) is 116 Å². The number of carbonyl (C=O) groups is 2. The van der Waals surface area contributed by atoms with Crippen molar-refractivity contribution in [3.63, 3.8) is 0 Å². The highest BCUT2D eigenvalue weighted by molar-refractivity contribution is 7.89. The van der Waals surface area contributed by atoms with Gasteiger partial charge in [-0.1, -0.05) is 48.0 Å². The van der Waals surface area contributed by atoms with Crippen molar-refractivity contribution in [3.05, 3.63) is 82.4 Å². The van der Waals surface area contributed by atoms with Gasteiger partial charge in [-0.3, -0.25) is 9.36 Å². The number of Topliss-reactive ketones (excluding diaryl/α,β-unsaturated/α-hetero) is 1. The molecular weight excluding hydrogens is 529 g/mol. The predicted molar refractivity (Wildman–Crippen MR) is 144 cm³/mol. The molecule has 0 atom stereocenters. The number of aryl methyl sites for hydroxylation is 1. The highest BCUT2D eigenvalue weighted by atomic mass is 32.2. The molecule has 0 saturated heterocycles. The van der Waals surface area contributed by atoms with Crippen LogP contribution in [-0.4, -0.2) is 57.9 Å². The second-order valence-corrected chi connectivity index (χ2v) is 12.4. The zero-order valence-corrected chi connectivity index (χ0v) is 23.8. The smallest absolute Gasteiger partial charge is 0.379 e. The predicted octanol–water partition coefficient (Wildman–Crippen LogP) is 4.74. The highest BCUT2D eigenvalue weighted by Crippen LogP contribution is 2.62. The minimum absolute atomic E-state index is 0.0495. The molecule has 0 aromatic heterocycles. The summed E-state index contributed by atoms with van der Waals surface area (Å²) < 4.78 is 58.2. The molecule has 9 nitrogen and oxygen atoms in total. The molecule has 204 valence electrons. The molecule has 0 bridgehead atoms. The van der Waals surface area contributed by atoms with Crippen molar-refractivity contribution in [1.82, 2.24) is 4.31 Å². The Kier molecular flexibility index (Phi) is 9.62. The van der Waals surface area contributed by atoms with E-state index in [-0.39, 0.29) is 47.7 Å². The van der Waals surface area contributed by atoms with Crippen LogP contribution < -0.4 is 0 Å². The number of ether oxygens (including phenoxy) is 1. The lowest BCUT2D eigenvalue weighted by Crippen LogP contribution is -2.31. The van der Waals surface area contributed by atoms with E-state index in [9.17, 15) is 22.6 Å². The Morgan fingerprint density at radius 3 is 2.00 bits per heavy atom. The molecule has 1 heterocycles. The monoisotopic (exact) mass is 561 g/mol. The fourth-order valence-corrected chi connectivity index (χ4v) is 7.62. The van der Waals surface area contributed by atoms with Crippen LogP contribution in [0.15, 0.2) is 76.2 Å². The molecule has 0 spiro atoms. The van der Waals surface area contributed by atoms with Crippen LogP contribution in [0.3, 0.4) is 0 Å². The lowest BCUT2D eigenvalue weighted by atomic mass is 9.98. The molecule has 0 unspecified atom stereocenters. The molecule has 0 fully saturated rings. The van der Waals surface area contributed by atoms with E-state index < -0.39 is 29.4 Å². The molecule has 0 N–H and O–H groups in total. The lowest BCUT2D eigenvalue weighted by Gasteiger charge is -2.24. The van der Waals surface area contributed by atoms with Crippen LogP contribution in [0, 0.1) is 6.92 Å². The molecule has 0 saturated carbocycles. The third-order valence-electron chi connectivity index (χ3n) is 6.06. The molecule has 2 aromatic carbocycles. The summed E-state index contributed by atoms with van der Waals surface area (Å²) in [4.78, 5) is 25.4. The highest BCUT2D eigenvalue weighted by Gasteiger charge is 2.40. The van der Waals surface area contributed by atoms with Crippen molar-refractivity contribution in [1.29, 1.82) is 0 Å². The van der Waals surface area contributed by atoms with Crippen molar-refractivity contribution >= 4 is 34.7 Å². The van der Waals surface area contributed by atoms with E-state index in [4.69, 9.17) is 9.05 Å². The molecule has 0 radical (unpaired) electrons. The summed E-state index contributed by atoms with van der Waals surface area (Å²) in [7, 11) is -6.88. The van der Waals surface area contributed by atoms with Gasteiger partial charge in [-0.05, 0) is 56.5 Å². The SMILES string of the molecule is CCOP(=O)(OCC)/C(=C(/C)C1=C(C(=O)C(=O)OC)CN(S(=O)(=O)c2ccc(C)cc2)C1)c1ccccc1. The Morgan fingerprint density at radius 2 is 1.47 bits per heavy atom. The fourth-order valence-electron chi connectivity index (χ4n) is 4.22. The number of nitrogens with zero attached hydrogens (tertiary/aromatic N) is 1. The standard InChI is InChI=1S/C27H32NO8PS/c1-6-35-37(31,36-7-2)26(21-11-9-8-10-12-21)20(4)23-17-28(18-24(23)25(29)27(30)34-5)38(32,33)22-15-13-19(3)14-16-22/h8-16H,6-7,17-18H2,1-5H3/b26-20-. The molecule has 1 aliphatic rings. The number of methoxy groups -OCH3 is 1. The van der Waals surface area contributed by atoms with Gasteiger partial charge in [0.15, 0.2) is 0 Å². The van der Waals surface area contributed by atoms with E-state index in [0.717, 1.165) is 17.0 Å². The maximum absolute atomic E-state index is 14.1. The van der Waals surface area contributed by atoms with Crippen LogP contribution in [0.5, 0.6) is 0 Å². The number of hydrogen-bond acceptors (Lipinski definition) is 8. The van der Waals surface area contributed by atoms with Gasteiger partial charge in [0.25, 0.3) is 5.78 Å². The summed E-state index contributed by atoms with van der Waals surface area (Å²) >= 11 is 0. The van der Waals surface area contributed by atoms with E-state index in [1.165, 1.54) is 12.1 Å². The van der Waals surface area contributed by atoms with Crippen molar-refractivity contribution in [2.45, 2.75) is 32.6 Å². The summed E-state index contributed by atoms with van der Waals surface area (Å²) in [6, 6.07) is 15.1. The summed E-state index contributed by atoms with van der Waals surface area (Å²) in [6.07, 6.45) is 0. The van der Waals surface area contributed by atoms with Gasteiger partial charge in [-0.15, -0.1) is 0 Å². The van der Waals surface area contributed by atoms with Crippen LogP contribution in [0.2, 0.25) is 0 Å². The first-order chi connectivity index (χ1) is 18.0. The van der Waals surface area contributed by atoms with Crippen molar-refractivity contribution in [2.75, 3.05) is 33.4 Å². The number of ketones is 1. The van der Waals surface area contributed by atoms with Crippen molar-refractivity contribution in [2.24, 2.45) is 0 Å². The zero-order chi connectivity index (χ0) is 28.1. The van der Waals surface area contributed by atoms with Gasteiger partial charge in [0.05, 0.1) is 30.5 Å². The Labute approximate surface area is 223 Å². The molecule has 3 rings (SSSR count). The summed E-state index contributed by atoms with van der Waals surface area (Å²) in [5.41, 5.74) is 1.93. The molecule has 2 aromatic rings. The van der Waals surface area contributed by atoms with E-state index >= 15 is 0 Å². The Morgan fingerprint density at radius 1 is 0.921 bits per heavy atom. The number of rotatable bonds is 11. The van der Waals surface area contributed by atoms with Gasteiger partial charge in [0.2, 0.25) is 10.0 Å². The minimum Gasteiger partial charge on any atom is -0.463 e. The first-order valence-electron chi connectivity index (χ1n) is 12.1. The van der Waals surface area contributed by atoms with Crippen LogP contribution >= 0.6 is 7.60 Å². The number of hydrogen-bond donors (Lipinski definition) is 0. The number of sulfonamides is 1. The Balaban J connectivity index is 2.25. The fraction of sp³-hybridized carbons (Fsp3) is 0.333. The first-order valence-corrected chi connectivity index (χ1v) is 15.1. The Bertz CT molecular complexity index is 1400. The van der Waals surface area contributed by atoms with Gasteiger partial charge in [-0.25, -0.2) is 13.2 Å². The summed E-state index contributed by atoms with van der Waals surface area (Å²) in [5.74, 6) is -2.10. The average Bonchev–Trinajstić information content (AvgIpc) is 3.35. The average molecular weight is 562 g/mol. The normalized spacial score (nSPS) is 15.4. The van der Waals surface area contributed by atoms with Crippen LogP contribution in [0.4, 0.5) is 0 Å². The Hall–Kier alpha value is -2.88. The van der Waals surface area contributed by atoms with Crippen LogP contribution in [0.1, 0.15) is 31.9 Å². The third kappa shape index (κ3) is 6.06. The summed E-state index contributed by atoms with van der Waals surface area (Å²) in [6.45, 7) is 6.41. The van der Waals surface area contributed by atoms with E-state index in [1.807, 2.05) is 6.92 Å². The van der Waals surface area contributed by atoms with Crippen LogP contribution in [0.25, 0.3) is 5.31 Å². The number of esters is 1. The number of benzene rings is 2. The van der Waals surface area contributed by atoms with Gasteiger partial charge < -0.3 is 13.8 Å². The quantitative estimate of drug-likeness (QED) is 0.220. The van der Waals surface area contributed by atoms with Gasteiger partial charge in [0.1, 0.15) is 0 Å². The maximum atomic E-state index is 14.1. The van der Waals surface area contributed by atoms with Gasteiger partial charge in [-0.2, -0.15) is 4.31 Å². The second-order valence-electron chi connectivity index (χ2n) is 8.54. The maximum Gasteiger partial charge on any atom is 0.379 e. The molecule has 38 heavy (non-hydrogen) atoms. The molecule has 0 amide bonds. The molecule has 0 aliphatic carbocycles.